The predicted molar refractivity (Wildman–Crippen MR) is 78.7 cm³/mol. The molecular formula is C15H14ClN2O3+. The Hall–Kier alpha value is -2.53. The van der Waals surface area contributed by atoms with Gasteiger partial charge < -0.3 is 4.74 Å². The van der Waals surface area contributed by atoms with Crippen LogP contribution in [0.1, 0.15) is 5.56 Å². The molecule has 2 aromatic carbocycles. The van der Waals surface area contributed by atoms with Crippen LogP contribution in [0.5, 0.6) is 5.75 Å². The van der Waals surface area contributed by atoms with Crippen LogP contribution in [-0.4, -0.2) is 18.4 Å². The molecule has 0 unspecified atom stereocenters. The monoisotopic (exact) mass is 305 g/mol. The van der Waals surface area contributed by atoms with E-state index < -0.39 is 5.97 Å². The second-order valence-electron chi connectivity index (χ2n) is 4.10. The molecule has 0 atom stereocenters. The molecule has 6 heteroatoms. The van der Waals surface area contributed by atoms with E-state index in [-0.39, 0.29) is 12.4 Å². The van der Waals surface area contributed by atoms with E-state index in [1.54, 1.807) is 36.4 Å². The predicted octanol–water partition coefficient (Wildman–Crippen LogP) is 0.663. The van der Waals surface area contributed by atoms with Crippen molar-refractivity contribution >= 4 is 23.4 Å². The van der Waals surface area contributed by atoms with Gasteiger partial charge in [0.15, 0.2) is 6.61 Å². The zero-order chi connectivity index (χ0) is 15.1. The third kappa shape index (κ3) is 4.81. The lowest BCUT2D eigenvalue weighted by molar-refractivity contribution is -0.724. The van der Waals surface area contributed by atoms with Crippen molar-refractivity contribution in [3.05, 3.63) is 65.2 Å². The minimum Gasteiger partial charge on any atom is -0.482 e. The molecule has 0 saturated heterocycles. The number of carbonyl (C=O) groups excluding carboxylic acids is 1. The molecule has 0 heterocycles. The number of rotatable bonds is 5. The van der Waals surface area contributed by atoms with E-state index >= 15 is 0 Å². The summed E-state index contributed by atoms with van der Waals surface area (Å²) in [4.78, 5) is 16.3. The van der Waals surface area contributed by atoms with Crippen LogP contribution in [0.3, 0.4) is 0 Å². The van der Waals surface area contributed by atoms with Gasteiger partial charge in [0.05, 0.1) is 5.56 Å². The van der Waals surface area contributed by atoms with E-state index in [2.05, 4.69) is 5.16 Å². The number of para-hydroxylation sites is 1. The smallest absolute Gasteiger partial charge is 0.394 e. The Morgan fingerprint density at radius 1 is 1.10 bits per heavy atom. The second kappa shape index (κ2) is 7.31. The first-order valence-electron chi connectivity index (χ1n) is 6.17. The van der Waals surface area contributed by atoms with Crippen LogP contribution in [0, 0.1) is 0 Å². The number of hydrogen-bond donors (Lipinski definition) is 2. The van der Waals surface area contributed by atoms with Gasteiger partial charge in [0.2, 0.25) is 0 Å². The molecule has 0 aromatic heterocycles. The van der Waals surface area contributed by atoms with E-state index in [0.29, 0.717) is 16.3 Å². The number of nitrogen functional groups attached to an aromatic ring is 1. The molecule has 0 aliphatic carbocycles. The third-order valence-electron chi connectivity index (χ3n) is 2.53. The Labute approximate surface area is 126 Å². The summed E-state index contributed by atoms with van der Waals surface area (Å²) in [6.07, 6.45) is 0. The number of halogens is 1. The van der Waals surface area contributed by atoms with E-state index in [1.165, 1.54) is 0 Å². The number of nitrogens with one attached hydrogen (secondary N) is 1. The fourth-order valence-electron chi connectivity index (χ4n) is 1.49. The first-order chi connectivity index (χ1) is 10.1. The molecule has 0 spiro atoms. The molecule has 0 fully saturated rings. The van der Waals surface area contributed by atoms with Gasteiger partial charge in [-0.3, -0.25) is 10.6 Å². The zero-order valence-corrected chi connectivity index (χ0v) is 11.8. The fraction of sp³-hybridized carbons (Fsp3) is 0.0667. The number of ether oxygens (including phenoxy) is 1. The minimum atomic E-state index is -0.587. The minimum absolute atomic E-state index is 0.208. The van der Waals surface area contributed by atoms with E-state index in [9.17, 15) is 4.79 Å². The average molecular weight is 306 g/mol. The highest BCUT2D eigenvalue weighted by atomic mass is 35.5. The van der Waals surface area contributed by atoms with Crippen LogP contribution in [0.25, 0.3) is 0 Å². The summed E-state index contributed by atoms with van der Waals surface area (Å²) in [5, 5.41) is 2.97. The third-order valence-corrected chi connectivity index (χ3v) is 2.78. The van der Waals surface area contributed by atoms with Crippen molar-refractivity contribution in [2.75, 3.05) is 6.61 Å². The number of amidine groups is 1. The van der Waals surface area contributed by atoms with Gasteiger partial charge in [-0.25, -0.2) is 4.79 Å². The fourth-order valence-corrected chi connectivity index (χ4v) is 1.61. The van der Waals surface area contributed by atoms with Crippen molar-refractivity contribution in [2.24, 2.45) is 5.73 Å². The van der Waals surface area contributed by atoms with Crippen molar-refractivity contribution in [3.8, 4) is 5.75 Å². The lowest BCUT2D eigenvalue weighted by Crippen LogP contribution is -2.76. The van der Waals surface area contributed by atoms with E-state index in [1.807, 2.05) is 18.2 Å². The number of hydrogen-bond acceptors (Lipinski definition) is 3. The largest absolute Gasteiger partial charge is 0.482 e. The molecule has 21 heavy (non-hydrogen) atoms. The van der Waals surface area contributed by atoms with Crippen LogP contribution < -0.4 is 15.6 Å². The van der Waals surface area contributed by atoms with E-state index in [4.69, 9.17) is 26.9 Å². The Morgan fingerprint density at radius 2 is 1.76 bits per heavy atom. The summed E-state index contributed by atoms with van der Waals surface area (Å²) in [6, 6.07) is 15.8. The van der Waals surface area contributed by atoms with Crippen LogP contribution in [0.15, 0.2) is 54.6 Å². The van der Waals surface area contributed by atoms with Crippen LogP contribution >= 0.6 is 11.6 Å². The first-order valence-corrected chi connectivity index (χ1v) is 6.55. The Morgan fingerprint density at radius 3 is 2.43 bits per heavy atom. The van der Waals surface area contributed by atoms with Crippen LogP contribution in [0.4, 0.5) is 0 Å². The molecule has 0 aliphatic heterocycles. The van der Waals surface area contributed by atoms with Gasteiger partial charge in [-0.2, -0.15) is 0 Å². The number of carbonyl (C=O) groups is 1. The number of benzene rings is 2. The van der Waals surface area contributed by atoms with Crippen LogP contribution in [-0.2, 0) is 9.63 Å². The standard InChI is InChI=1S/C15H13ClN2O3/c16-12-8-6-11(7-9-12)15(17)18-21-14(19)10-20-13-4-2-1-3-5-13/h1-9H,10H2,(H2,17,18)/p+1. The summed E-state index contributed by atoms with van der Waals surface area (Å²) < 4.78 is 5.24. The maximum atomic E-state index is 11.5. The molecule has 0 amide bonds. The molecule has 108 valence electrons. The molecule has 0 aliphatic rings. The molecule has 0 radical (unpaired) electrons. The van der Waals surface area contributed by atoms with E-state index in [0.717, 1.165) is 0 Å². The topological polar surface area (TPSA) is 75.5 Å². The maximum Gasteiger partial charge on any atom is 0.394 e. The van der Waals surface area contributed by atoms with Crippen molar-refractivity contribution in [2.45, 2.75) is 0 Å². The summed E-state index contributed by atoms with van der Waals surface area (Å²) in [5.74, 6) is 0.208. The Kier molecular flexibility index (Phi) is 5.17. The SMILES string of the molecule is NC(=[NH+]OC(=O)COc1ccccc1)c1ccc(Cl)cc1. The van der Waals surface area contributed by atoms with Gasteiger partial charge in [0.1, 0.15) is 5.75 Å². The highest BCUT2D eigenvalue weighted by molar-refractivity contribution is 6.30. The van der Waals surface area contributed by atoms with Gasteiger partial charge in [-0.05, 0) is 36.4 Å². The highest BCUT2D eigenvalue weighted by Gasteiger charge is 2.09. The molecule has 3 N–H and O–H groups in total. The second-order valence-corrected chi connectivity index (χ2v) is 4.53. The number of nitrogens with two attached hydrogens (primary N) is 1. The molecule has 0 bridgehead atoms. The first kappa shape index (κ1) is 14.9. The summed E-state index contributed by atoms with van der Waals surface area (Å²) in [7, 11) is 0. The maximum absolute atomic E-state index is 11.5. The van der Waals surface area contributed by atoms with Crippen molar-refractivity contribution in [1.29, 1.82) is 0 Å². The van der Waals surface area contributed by atoms with Crippen molar-refractivity contribution in [3.63, 3.8) is 0 Å². The molecule has 5 nitrogen and oxygen atoms in total. The lowest BCUT2D eigenvalue weighted by Gasteiger charge is -2.02. The molecule has 2 aromatic rings. The van der Waals surface area contributed by atoms with Crippen molar-refractivity contribution in [1.82, 2.24) is 0 Å². The normalized spacial score (nSPS) is 11.0. The summed E-state index contributed by atoms with van der Waals surface area (Å²) in [6.45, 7) is -0.217. The van der Waals surface area contributed by atoms with Gasteiger partial charge in [0.25, 0.3) is 0 Å². The van der Waals surface area contributed by atoms with Crippen LogP contribution in [0.2, 0.25) is 5.02 Å². The summed E-state index contributed by atoms with van der Waals surface area (Å²) in [5.41, 5.74) is 6.41. The Bertz CT molecular complexity index is 627. The van der Waals surface area contributed by atoms with Gasteiger partial charge in [-0.15, -0.1) is 0 Å². The average Bonchev–Trinajstić information content (AvgIpc) is 2.52. The van der Waals surface area contributed by atoms with Crippen molar-refractivity contribution < 1.29 is 19.5 Å². The summed E-state index contributed by atoms with van der Waals surface area (Å²) >= 11 is 5.77. The lowest BCUT2D eigenvalue weighted by atomic mass is 10.2. The highest BCUT2D eigenvalue weighted by Crippen LogP contribution is 2.08. The zero-order valence-electron chi connectivity index (χ0n) is 11.1. The van der Waals surface area contributed by atoms with Gasteiger partial charge >= 0.3 is 11.8 Å². The molecule has 2 rings (SSSR count). The molecular weight excluding hydrogens is 292 g/mol. The molecule has 0 saturated carbocycles. The van der Waals surface area contributed by atoms with Gasteiger partial charge in [-0.1, -0.05) is 35.0 Å². The quantitative estimate of drug-likeness (QED) is 0.368. The Balaban J connectivity index is 1.85. The van der Waals surface area contributed by atoms with Gasteiger partial charge in [0, 0.05) is 5.02 Å².